The largest absolute Gasteiger partial charge is 0.496 e. The van der Waals surface area contributed by atoms with Crippen LogP contribution in [0.3, 0.4) is 0 Å². The highest BCUT2D eigenvalue weighted by Gasteiger charge is 2.17. The number of hydrogen-bond donors (Lipinski definition) is 0. The van der Waals surface area contributed by atoms with Gasteiger partial charge in [-0.2, -0.15) is 0 Å². The summed E-state index contributed by atoms with van der Waals surface area (Å²) in [7, 11) is 1.46. The zero-order valence-electron chi connectivity index (χ0n) is 12.0. The van der Waals surface area contributed by atoms with E-state index in [-0.39, 0.29) is 18.0 Å². The monoisotopic (exact) mass is 308 g/mol. The fraction of sp³-hybridized carbons (Fsp3) is 0.357. The number of aromatic nitrogens is 1. The molecule has 21 heavy (non-hydrogen) atoms. The van der Waals surface area contributed by atoms with Crippen LogP contribution in [0.5, 0.6) is 11.5 Å². The Morgan fingerprint density at radius 2 is 2.19 bits per heavy atom. The second kappa shape index (κ2) is 6.53. The van der Waals surface area contributed by atoms with E-state index in [4.69, 9.17) is 9.47 Å². The molecule has 0 aliphatic heterocycles. The highest BCUT2D eigenvalue weighted by molar-refractivity contribution is 7.09. The Labute approximate surface area is 126 Å². The summed E-state index contributed by atoms with van der Waals surface area (Å²) in [5, 5.41) is 14.0. The summed E-state index contributed by atoms with van der Waals surface area (Å²) in [5.41, 5.74) is 0.655. The van der Waals surface area contributed by atoms with Crippen molar-refractivity contribution in [2.24, 2.45) is 0 Å². The van der Waals surface area contributed by atoms with E-state index in [0.29, 0.717) is 11.7 Å². The molecule has 0 unspecified atom stereocenters. The second-order valence-corrected chi connectivity index (χ2v) is 5.60. The highest BCUT2D eigenvalue weighted by Crippen LogP contribution is 2.31. The molecule has 0 saturated heterocycles. The molecule has 2 rings (SSSR count). The number of rotatable bonds is 6. The Bertz CT molecular complexity index is 640. The van der Waals surface area contributed by atoms with Gasteiger partial charge >= 0.3 is 5.69 Å². The average molecular weight is 308 g/mol. The van der Waals surface area contributed by atoms with Crippen LogP contribution in [0.4, 0.5) is 5.69 Å². The van der Waals surface area contributed by atoms with E-state index < -0.39 is 4.92 Å². The Morgan fingerprint density at radius 3 is 2.76 bits per heavy atom. The van der Waals surface area contributed by atoms with Crippen molar-refractivity contribution in [2.75, 3.05) is 7.11 Å². The molecule has 0 fully saturated rings. The maximum atomic E-state index is 11.1. The number of nitro benzene ring substituents is 1. The van der Waals surface area contributed by atoms with Crippen molar-refractivity contribution >= 4 is 17.0 Å². The Hall–Kier alpha value is -2.15. The standard InChI is InChI=1S/C14H16N2O4S/c1-9(2)14-15-10(8-21-14)7-20-13-5-4-11(19-3)6-12(13)16(17)18/h4-6,8-9H,7H2,1-3H3. The van der Waals surface area contributed by atoms with Gasteiger partial charge in [-0.15, -0.1) is 11.3 Å². The molecular weight excluding hydrogens is 292 g/mol. The summed E-state index contributed by atoms with van der Waals surface area (Å²) >= 11 is 1.56. The van der Waals surface area contributed by atoms with Crippen molar-refractivity contribution in [2.45, 2.75) is 26.4 Å². The number of ether oxygens (including phenoxy) is 2. The molecule has 0 amide bonds. The van der Waals surface area contributed by atoms with Crippen molar-refractivity contribution in [3.8, 4) is 11.5 Å². The van der Waals surface area contributed by atoms with Crippen molar-refractivity contribution < 1.29 is 14.4 Å². The predicted molar refractivity (Wildman–Crippen MR) is 80.2 cm³/mol. The van der Waals surface area contributed by atoms with Gasteiger partial charge in [-0.05, 0) is 12.1 Å². The summed E-state index contributed by atoms with van der Waals surface area (Å²) in [6.07, 6.45) is 0. The van der Waals surface area contributed by atoms with Crippen LogP contribution in [0.25, 0.3) is 0 Å². The molecule has 2 aromatic rings. The van der Waals surface area contributed by atoms with Gasteiger partial charge in [-0.25, -0.2) is 4.98 Å². The van der Waals surface area contributed by atoms with Crippen molar-refractivity contribution in [1.82, 2.24) is 4.98 Å². The first-order valence-corrected chi connectivity index (χ1v) is 7.28. The zero-order valence-corrected chi connectivity index (χ0v) is 12.8. The fourth-order valence-electron chi connectivity index (χ4n) is 1.69. The maximum absolute atomic E-state index is 11.1. The number of hydrogen-bond acceptors (Lipinski definition) is 6. The molecule has 0 aliphatic rings. The van der Waals surface area contributed by atoms with Crippen LogP contribution in [0.15, 0.2) is 23.6 Å². The Morgan fingerprint density at radius 1 is 1.43 bits per heavy atom. The molecule has 0 N–H and O–H groups in total. The summed E-state index contributed by atoms with van der Waals surface area (Å²) in [5.74, 6) is 0.990. The summed E-state index contributed by atoms with van der Waals surface area (Å²) in [6.45, 7) is 4.34. The fourth-order valence-corrected chi connectivity index (χ4v) is 2.51. The van der Waals surface area contributed by atoms with Gasteiger partial charge < -0.3 is 9.47 Å². The molecule has 0 aliphatic carbocycles. The van der Waals surface area contributed by atoms with Gasteiger partial charge in [0.15, 0.2) is 5.75 Å². The lowest BCUT2D eigenvalue weighted by Crippen LogP contribution is -2.00. The normalized spacial score (nSPS) is 10.7. The lowest BCUT2D eigenvalue weighted by molar-refractivity contribution is -0.386. The summed E-state index contributed by atoms with van der Waals surface area (Å²) in [4.78, 5) is 15.0. The zero-order chi connectivity index (χ0) is 15.4. The van der Waals surface area contributed by atoms with Gasteiger partial charge in [0, 0.05) is 11.3 Å². The third-order valence-electron chi connectivity index (χ3n) is 2.80. The number of benzene rings is 1. The number of nitrogens with zero attached hydrogens (tertiary/aromatic N) is 2. The van der Waals surface area contributed by atoms with Crippen LogP contribution in [0, 0.1) is 10.1 Å². The average Bonchev–Trinajstić information content (AvgIpc) is 2.94. The van der Waals surface area contributed by atoms with Crippen LogP contribution >= 0.6 is 11.3 Å². The first-order valence-electron chi connectivity index (χ1n) is 6.40. The van der Waals surface area contributed by atoms with E-state index >= 15 is 0 Å². The van der Waals surface area contributed by atoms with Crippen LogP contribution in [-0.2, 0) is 6.61 Å². The molecule has 0 atom stereocenters. The van der Waals surface area contributed by atoms with Gasteiger partial charge in [0.2, 0.25) is 0 Å². The van der Waals surface area contributed by atoms with Crippen LogP contribution in [0.2, 0.25) is 0 Å². The molecule has 1 aromatic carbocycles. The van der Waals surface area contributed by atoms with E-state index in [1.54, 1.807) is 17.4 Å². The topological polar surface area (TPSA) is 74.5 Å². The van der Waals surface area contributed by atoms with Crippen molar-refractivity contribution in [3.63, 3.8) is 0 Å². The van der Waals surface area contributed by atoms with Crippen LogP contribution < -0.4 is 9.47 Å². The molecule has 1 aromatic heterocycles. The quantitative estimate of drug-likeness (QED) is 0.600. The van der Waals surface area contributed by atoms with Gasteiger partial charge in [0.25, 0.3) is 0 Å². The lowest BCUT2D eigenvalue weighted by atomic mass is 10.2. The number of nitro groups is 1. The second-order valence-electron chi connectivity index (χ2n) is 4.71. The molecule has 0 saturated carbocycles. The molecule has 0 radical (unpaired) electrons. The van der Waals surface area contributed by atoms with E-state index in [2.05, 4.69) is 18.8 Å². The molecule has 7 heteroatoms. The first kappa shape index (κ1) is 15.2. The van der Waals surface area contributed by atoms with Gasteiger partial charge in [-0.1, -0.05) is 13.8 Å². The maximum Gasteiger partial charge on any atom is 0.314 e. The Balaban J connectivity index is 2.13. The minimum atomic E-state index is -0.488. The van der Waals surface area contributed by atoms with Gasteiger partial charge in [0.05, 0.1) is 28.8 Å². The Kier molecular flexibility index (Phi) is 4.74. The molecule has 6 nitrogen and oxygen atoms in total. The highest BCUT2D eigenvalue weighted by atomic mass is 32.1. The summed E-state index contributed by atoms with van der Waals surface area (Å²) < 4.78 is 10.5. The van der Waals surface area contributed by atoms with E-state index in [1.165, 1.54) is 19.2 Å². The number of methoxy groups -OCH3 is 1. The van der Waals surface area contributed by atoms with Gasteiger partial charge in [0.1, 0.15) is 12.4 Å². The van der Waals surface area contributed by atoms with Crippen molar-refractivity contribution in [3.05, 3.63) is 44.4 Å². The molecular formula is C14H16N2O4S. The smallest absolute Gasteiger partial charge is 0.314 e. The number of thiazole rings is 1. The minimum Gasteiger partial charge on any atom is -0.496 e. The lowest BCUT2D eigenvalue weighted by Gasteiger charge is -2.06. The first-order chi connectivity index (χ1) is 10.0. The summed E-state index contributed by atoms with van der Waals surface area (Å²) in [6, 6.07) is 4.51. The van der Waals surface area contributed by atoms with Crippen LogP contribution in [-0.4, -0.2) is 17.0 Å². The van der Waals surface area contributed by atoms with E-state index in [1.807, 2.05) is 5.38 Å². The predicted octanol–water partition coefficient (Wildman–Crippen LogP) is 3.76. The third-order valence-corrected chi connectivity index (χ3v) is 4.00. The van der Waals surface area contributed by atoms with E-state index in [0.717, 1.165) is 10.7 Å². The molecule has 0 bridgehead atoms. The molecule has 0 spiro atoms. The van der Waals surface area contributed by atoms with E-state index in [9.17, 15) is 10.1 Å². The van der Waals surface area contributed by atoms with Crippen LogP contribution in [0.1, 0.15) is 30.5 Å². The SMILES string of the molecule is COc1ccc(OCc2csc(C(C)C)n2)c([N+](=O)[O-])c1. The third kappa shape index (κ3) is 3.69. The molecule has 1 heterocycles. The molecule has 112 valence electrons. The minimum absolute atomic E-state index is 0.117. The van der Waals surface area contributed by atoms with Crippen molar-refractivity contribution in [1.29, 1.82) is 0 Å². The van der Waals surface area contributed by atoms with Gasteiger partial charge in [-0.3, -0.25) is 10.1 Å².